The van der Waals surface area contributed by atoms with Crippen molar-refractivity contribution in [3.8, 4) is 0 Å². The SMILES string of the molecule is CC(c1ccc([C@H]2CC23CC3)o1)c1ccc([C@@H]2CC23CC3)o1. The van der Waals surface area contributed by atoms with Gasteiger partial charge in [0.15, 0.2) is 0 Å². The molecule has 2 aromatic rings. The van der Waals surface area contributed by atoms with Crippen LogP contribution in [0.2, 0.25) is 0 Å². The lowest BCUT2D eigenvalue weighted by Crippen LogP contribution is -1.91. The van der Waals surface area contributed by atoms with Crippen molar-refractivity contribution in [2.45, 2.75) is 63.2 Å². The maximum absolute atomic E-state index is 6.18. The van der Waals surface area contributed by atoms with E-state index in [1.54, 1.807) is 0 Å². The first-order chi connectivity index (χ1) is 10.7. The molecule has 0 radical (unpaired) electrons. The van der Waals surface area contributed by atoms with Crippen molar-refractivity contribution in [3.63, 3.8) is 0 Å². The minimum atomic E-state index is 0.227. The molecule has 3 atom stereocenters. The first kappa shape index (κ1) is 12.0. The Morgan fingerprint density at radius 1 is 0.818 bits per heavy atom. The molecule has 0 aromatic carbocycles. The fraction of sp³-hybridized carbons (Fsp3) is 0.600. The lowest BCUT2D eigenvalue weighted by molar-refractivity contribution is 0.401. The van der Waals surface area contributed by atoms with Crippen LogP contribution in [0.4, 0.5) is 0 Å². The van der Waals surface area contributed by atoms with Gasteiger partial charge in [-0.2, -0.15) is 0 Å². The van der Waals surface area contributed by atoms with E-state index in [1.165, 1.54) is 50.0 Å². The third kappa shape index (κ3) is 1.56. The minimum Gasteiger partial charge on any atom is -0.465 e. The zero-order valence-electron chi connectivity index (χ0n) is 13.1. The van der Waals surface area contributed by atoms with E-state index in [-0.39, 0.29) is 5.92 Å². The number of hydrogen-bond acceptors (Lipinski definition) is 2. The Hall–Kier alpha value is -1.44. The van der Waals surface area contributed by atoms with Gasteiger partial charge in [-0.25, -0.2) is 0 Å². The van der Waals surface area contributed by atoms with E-state index in [4.69, 9.17) is 8.83 Å². The molecule has 114 valence electrons. The zero-order chi connectivity index (χ0) is 14.5. The summed E-state index contributed by atoms with van der Waals surface area (Å²) in [6.45, 7) is 2.20. The molecule has 2 heteroatoms. The second kappa shape index (κ2) is 3.55. The molecule has 6 rings (SSSR count). The lowest BCUT2D eigenvalue weighted by Gasteiger charge is -2.05. The fourth-order valence-electron chi connectivity index (χ4n) is 4.64. The lowest BCUT2D eigenvalue weighted by atomic mass is 10.1. The summed E-state index contributed by atoms with van der Waals surface area (Å²) in [4.78, 5) is 0. The minimum absolute atomic E-state index is 0.227. The molecule has 2 nitrogen and oxygen atoms in total. The molecule has 2 spiro atoms. The van der Waals surface area contributed by atoms with Crippen molar-refractivity contribution in [1.82, 2.24) is 0 Å². The number of rotatable bonds is 4. The van der Waals surface area contributed by atoms with Crippen LogP contribution >= 0.6 is 0 Å². The fourth-order valence-corrected chi connectivity index (χ4v) is 4.64. The van der Waals surface area contributed by atoms with E-state index in [1.807, 2.05) is 0 Å². The van der Waals surface area contributed by atoms with Gasteiger partial charge < -0.3 is 8.83 Å². The van der Waals surface area contributed by atoms with Crippen LogP contribution in [0.15, 0.2) is 33.1 Å². The third-order valence-electron chi connectivity index (χ3n) is 7.00. The van der Waals surface area contributed by atoms with Gasteiger partial charge in [0.2, 0.25) is 0 Å². The van der Waals surface area contributed by atoms with Crippen molar-refractivity contribution in [2.24, 2.45) is 10.8 Å². The zero-order valence-corrected chi connectivity index (χ0v) is 13.1. The number of furan rings is 2. The van der Waals surface area contributed by atoms with Gasteiger partial charge in [-0.05, 0) is 80.5 Å². The van der Waals surface area contributed by atoms with E-state index in [0.29, 0.717) is 22.7 Å². The maximum Gasteiger partial charge on any atom is 0.114 e. The standard InChI is InChI=1S/C20H22O2/c1-12(15-2-4-17(21-15)13-10-19(13)6-7-19)16-3-5-18(22-16)14-11-20(14)8-9-20/h2-5,12-14H,6-11H2,1H3/t12?,13-,14+. The second-order valence-electron chi connectivity index (χ2n) is 8.44. The first-order valence-corrected chi connectivity index (χ1v) is 8.89. The molecule has 22 heavy (non-hydrogen) atoms. The van der Waals surface area contributed by atoms with Crippen LogP contribution in [0, 0.1) is 10.8 Å². The van der Waals surface area contributed by atoms with Crippen LogP contribution < -0.4 is 0 Å². The van der Waals surface area contributed by atoms with E-state index in [9.17, 15) is 0 Å². The van der Waals surface area contributed by atoms with Crippen LogP contribution in [-0.2, 0) is 0 Å². The summed E-state index contributed by atoms with van der Waals surface area (Å²) in [6.07, 6.45) is 8.34. The molecular formula is C20H22O2. The Bertz CT molecular complexity index is 692. The second-order valence-corrected chi connectivity index (χ2v) is 8.44. The highest BCUT2D eigenvalue weighted by Gasteiger charge is 2.65. The summed E-state index contributed by atoms with van der Waals surface area (Å²) in [5, 5.41) is 0. The molecule has 0 N–H and O–H groups in total. The molecule has 4 saturated carbocycles. The van der Waals surface area contributed by atoms with Gasteiger partial charge in [0.25, 0.3) is 0 Å². The molecule has 0 bridgehead atoms. The van der Waals surface area contributed by atoms with Crippen molar-refractivity contribution in [2.75, 3.05) is 0 Å². The van der Waals surface area contributed by atoms with Crippen molar-refractivity contribution >= 4 is 0 Å². The maximum atomic E-state index is 6.18. The topological polar surface area (TPSA) is 26.3 Å². The Kier molecular flexibility index (Phi) is 1.94. The van der Waals surface area contributed by atoms with Crippen molar-refractivity contribution in [1.29, 1.82) is 0 Å². The monoisotopic (exact) mass is 294 g/mol. The predicted octanol–water partition coefficient (Wildman–Crippen LogP) is 5.56. The van der Waals surface area contributed by atoms with Gasteiger partial charge >= 0.3 is 0 Å². The molecule has 0 aliphatic heterocycles. The summed E-state index contributed by atoms with van der Waals surface area (Å²) in [6, 6.07) is 8.73. The van der Waals surface area contributed by atoms with Gasteiger partial charge in [-0.15, -0.1) is 0 Å². The summed E-state index contributed by atoms with van der Waals surface area (Å²) in [5.41, 5.74) is 1.33. The van der Waals surface area contributed by atoms with E-state index < -0.39 is 0 Å². The predicted molar refractivity (Wildman–Crippen MR) is 83.0 cm³/mol. The van der Waals surface area contributed by atoms with Crippen LogP contribution in [0.25, 0.3) is 0 Å². The largest absolute Gasteiger partial charge is 0.465 e. The van der Waals surface area contributed by atoms with Gasteiger partial charge in [-0.1, -0.05) is 0 Å². The normalized spacial score (nSPS) is 33.1. The van der Waals surface area contributed by atoms with Crippen LogP contribution in [0.3, 0.4) is 0 Å². The Labute approximate surface area is 130 Å². The molecule has 1 unspecified atom stereocenters. The molecule has 2 aromatic heterocycles. The molecule has 4 aliphatic carbocycles. The Balaban J connectivity index is 1.23. The van der Waals surface area contributed by atoms with Crippen LogP contribution in [0.1, 0.15) is 86.2 Å². The first-order valence-electron chi connectivity index (χ1n) is 8.89. The molecule has 4 aliphatic rings. The third-order valence-corrected chi connectivity index (χ3v) is 7.00. The van der Waals surface area contributed by atoms with Gasteiger partial charge in [-0.3, -0.25) is 0 Å². The molecular weight excluding hydrogens is 272 g/mol. The Morgan fingerprint density at radius 2 is 1.27 bits per heavy atom. The smallest absolute Gasteiger partial charge is 0.114 e. The summed E-state index contributed by atoms with van der Waals surface area (Å²) >= 11 is 0. The molecule has 0 saturated heterocycles. The number of hydrogen-bond donors (Lipinski definition) is 0. The van der Waals surface area contributed by atoms with Crippen molar-refractivity contribution < 1.29 is 8.83 Å². The molecule has 0 amide bonds. The van der Waals surface area contributed by atoms with Crippen LogP contribution in [0.5, 0.6) is 0 Å². The summed E-state index contributed by atoms with van der Waals surface area (Å²) < 4.78 is 12.4. The van der Waals surface area contributed by atoms with Gasteiger partial charge in [0.1, 0.15) is 23.0 Å². The van der Waals surface area contributed by atoms with Crippen molar-refractivity contribution in [3.05, 3.63) is 47.3 Å². The van der Waals surface area contributed by atoms with Crippen LogP contribution in [-0.4, -0.2) is 0 Å². The average molecular weight is 294 g/mol. The highest BCUT2D eigenvalue weighted by Crippen LogP contribution is 2.75. The Morgan fingerprint density at radius 3 is 1.64 bits per heavy atom. The highest BCUT2D eigenvalue weighted by atomic mass is 16.4. The van der Waals surface area contributed by atoms with Gasteiger partial charge in [0, 0.05) is 11.8 Å². The molecule has 4 fully saturated rings. The summed E-state index contributed by atoms with van der Waals surface area (Å²) in [5.74, 6) is 6.20. The van der Waals surface area contributed by atoms with E-state index in [0.717, 1.165) is 11.5 Å². The highest BCUT2D eigenvalue weighted by molar-refractivity contribution is 5.32. The van der Waals surface area contributed by atoms with Gasteiger partial charge in [0.05, 0.1) is 5.92 Å². The average Bonchev–Trinajstić information content (AvgIpc) is 3.52. The van der Waals surface area contributed by atoms with E-state index in [2.05, 4.69) is 31.2 Å². The van der Waals surface area contributed by atoms with E-state index >= 15 is 0 Å². The summed E-state index contributed by atoms with van der Waals surface area (Å²) in [7, 11) is 0. The molecule has 2 heterocycles. The quantitative estimate of drug-likeness (QED) is 0.738.